The molecule has 102 valence electrons. The van der Waals surface area contributed by atoms with E-state index in [-0.39, 0.29) is 5.11 Å². The average Bonchev–Trinajstić information content (AvgIpc) is 2.79. The highest BCUT2D eigenvalue weighted by Crippen LogP contribution is 2.22. The van der Waals surface area contributed by atoms with Crippen molar-refractivity contribution in [2.75, 3.05) is 0 Å². The van der Waals surface area contributed by atoms with E-state index in [1.165, 1.54) is 4.90 Å². The lowest BCUT2D eigenvalue weighted by atomic mass is 10.2. The summed E-state index contributed by atoms with van der Waals surface area (Å²) < 4.78 is 0. The van der Waals surface area contributed by atoms with Crippen molar-refractivity contribution in [2.24, 2.45) is 0 Å². The summed E-state index contributed by atoms with van der Waals surface area (Å²) in [6, 6.07) is 8.92. The summed E-state index contributed by atoms with van der Waals surface area (Å²) in [5.74, 6) is -0.958. The molecule has 1 aromatic rings. The lowest BCUT2D eigenvalue weighted by molar-refractivity contribution is -0.142. The number of aliphatic carboxylic acids is 1. The van der Waals surface area contributed by atoms with Crippen molar-refractivity contribution in [2.45, 2.75) is 31.7 Å². The third-order valence-corrected chi connectivity index (χ3v) is 3.52. The molecule has 6 heteroatoms. The van der Waals surface area contributed by atoms with Gasteiger partial charge >= 0.3 is 5.97 Å². The van der Waals surface area contributed by atoms with E-state index in [2.05, 4.69) is 5.32 Å². The molecular formula is C13H16N2O3S. The van der Waals surface area contributed by atoms with Crippen LogP contribution >= 0.6 is 12.2 Å². The van der Waals surface area contributed by atoms with E-state index in [1.54, 1.807) is 0 Å². The van der Waals surface area contributed by atoms with Crippen LogP contribution in [-0.2, 0) is 11.3 Å². The van der Waals surface area contributed by atoms with Gasteiger partial charge in [0.1, 0.15) is 12.3 Å². The van der Waals surface area contributed by atoms with Crippen LogP contribution in [0.4, 0.5) is 0 Å². The molecule has 1 fully saturated rings. The third kappa shape index (κ3) is 3.21. The fraction of sp³-hybridized carbons (Fsp3) is 0.385. The molecule has 0 saturated carbocycles. The first-order chi connectivity index (χ1) is 9.09. The van der Waals surface area contributed by atoms with Crippen LogP contribution < -0.4 is 5.32 Å². The molecule has 0 aromatic heterocycles. The van der Waals surface area contributed by atoms with Gasteiger partial charge in [-0.2, -0.15) is 0 Å². The first-order valence-electron chi connectivity index (χ1n) is 6.10. The molecule has 1 aromatic carbocycles. The maximum absolute atomic E-state index is 11.1. The molecule has 0 unspecified atom stereocenters. The Kier molecular flexibility index (Phi) is 4.34. The normalized spacial score (nSPS) is 22.3. The molecule has 1 aliphatic rings. The number of hydrogen-bond donors (Lipinski definition) is 3. The fourth-order valence-electron chi connectivity index (χ4n) is 2.18. The van der Waals surface area contributed by atoms with Gasteiger partial charge in [0.15, 0.2) is 5.11 Å². The van der Waals surface area contributed by atoms with E-state index in [4.69, 9.17) is 17.3 Å². The molecule has 19 heavy (non-hydrogen) atoms. The second-order valence-corrected chi connectivity index (χ2v) is 4.85. The number of likely N-dealkylation sites (tertiary alicyclic amines) is 1. The van der Waals surface area contributed by atoms with Gasteiger partial charge in [-0.3, -0.25) is 0 Å². The van der Waals surface area contributed by atoms with Gasteiger partial charge in [0.05, 0.1) is 0 Å². The van der Waals surface area contributed by atoms with Crippen LogP contribution in [0.2, 0.25) is 0 Å². The van der Waals surface area contributed by atoms with Crippen molar-refractivity contribution in [1.29, 1.82) is 0 Å². The van der Waals surface area contributed by atoms with Crippen LogP contribution in [0, 0.1) is 0 Å². The molecule has 0 aliphatic carbocycles. The number of thiocarbonyl (C=S) groups is 1. The molecular weight excluding hydrogens is 264 g/mol. The second-order valence-electron chi connectivity index (χ2n) is 4.46. The van der Waals surface area contributed by atoms with E-state index in [9.17, 15) is 9.90 Å². The molecule has 3 N–H and O–H groups in total. The van der Waals surface area contributed by atoms with E-state index >= 15 is 0 Å². The molecule has 0 amide bonds. The maximum atomic E-state index is 11.1. The Labute approximate surface area is 116 Å². The minimum absolute atomic E-state index is 0.279. The topological polar surface area (TPSA) is 72.8 Å². The summed E-state index contributed by atoms with van der Waals surface area (Å²) >= 11 is 5.18. The zero-order chi connectivity index (χ0) is 13.8. The van der Waals surface area contributed by atoms with Gasteiger partial charge in [-0.25, -0.2) is 4.79 Å². The SMILES string of the molecule is O=C(O)[C@H]1CC[C@H](O)N1C(=S)NCc1ccccc1. The van der Waals surface area contributed by atoms with Gasteiger partial charge < -0.3 is 20.4 Å². The number of aliphatic hydroxyl groups is 1. The van der Waals surface area contributed by atoms with Crippen LogP contribution in [0.1, 0.15) is 18.4 Å². The van der Waals surface area contributed by atoms with Gasteiger partial charge in [-0.1, -0.05) is 30.3 Å². The number of carbonyl (C=O) groups is 1. The van der Waals surface area contributed by atoms with Gasteiger partial charge in [-0.05, 0) is 30.6 Å². The van der Waals surface area contributed by atoms with Crippen molar-refractivity contribution in [3.63, 3.8) is 0 Å². The number of hydrogen-bond acceptors (Lipinski definition) is 3. The Balaban J connectivity index is 1.97. The predicted molar refractivity (Wildman–Crippen MR) is 74.4 cm³/mol. The zero-order valence-corrected chi connectivity index (χ0v) is 11.1. The highest BCUT2D eigenvalue weighted by Gasteiger charge is 2.38. The molecule has 1 heterocycles. The minimum Gasteiger partial charge on any atom is -0.480 e. The monoisotopic (exact) mass is 280 g/mol. The summed E-state index contributed by atoms with van der Waals surface area (Å²) in [6.45, 7) is 0.509. The molecule has 0 bridgehead atoms. The van der Waals surface area contributed by atoms with Gasteiger partial charge in [0, 0.05) is 6.54 Å². The average molecular weight is 280 g/mol. The molecule has 5 nitrogen and oxygen atoms in total. The van der Waals surface area contributed by atoms with Gasteiger partial charge in [0.25, 0.3) is 0 Å². The molecule has 1 aliphatic heterocycles. The van der Waals surface area contributed by atoms with Crippen molar-refractivity contribution in [3.05, 3.63) is 35.9 Å². The van der Waals surface area contributed by atoms with Gasteiger partial charge in [0.2, 0.25) is 0 Å². The Morgan fingerprint density at radius 3 is 2.68 bits per heavy atom. The number of benzene rings is 1. The molecule has 2 rings (SSSR count). The van der Waals surface area contributed by atoms with Crippen LogP contribution in [0.25, 0.3) is 0 Å². The van der Waals surface area contributed by atoms with Crippen molar-refractivity contribution in [1.82, 2.24) is 10.2 Å². The van der Waals surface area contributed by atoms with E-state index in [1.807, 2.05) is 30.3 Å². The smallest absolute Gasteiger partial charge is 0.326 e. The molecule has 2 atom stereocenters. The zero-order valence-electron chi connectivity index (χ0n) is 10.3. The minimum atomic E-state index is -0.958. The first-order valence-corrected chi connectivity index (χ1v) is 6.51. The molecule has 0 radical (unpaired) electrons. The summed E-state index contributed by atoms with van der Waals surface area (Å²) in [5, 5.41) is 22.2. The summed E-state index contributed by atoms with van der Waals surface area (Å²) in [7, 11) is 0. The van der Waals surface area contributed by atoms with Crippen molar-refractivity contribution in [3.8, 4) is 0 Å². The van der Waals surface area contributed by atoms with Crippen LogP contribution in [0.15, 0.2) is 30.3 Å². The number of carboxylic acid groups (broad SMARTS) is 1. The first kappa shape index (κ1) is 13.8. The standard InChI is InChI=1S/C13H16N2O3S/c16-11-7-6-10(12(17)18)15(11)13(19)14-8-9-4-2-1-3-5-9/h1-5,10-11,16H,6-8H2,(H,14,19)(H,17,18)/t10-,11+/m1/s1. The van der Waals surface area contributed by atoms with Crippen LogP contribution in [0.5, 0.6) is 0 Å². The number of carboxylic acids is 1. The summed E-state index contributed by atoms with van der Waals surface area (Å²) in [6.07, 6.45) is 0.00482. The quantitative estimate of drug-likeness (QED) is 0.715. The lowest BCUT2D eigenvalue weighted by Crippen LogP contribution is -2.49. The predicted octanol–water partition coefficient (Wildman–Crippen LogP) is 0.928. The Bertz CT molecular complexity index is 466. The number of nitrogens with one attached hydrogen (secondary N) is 1. The Morgan fingerprint density at radius 1 is 1.37 bits per heavy atom. The Hall–Kier alpha value is -1.66. The fourth-order valence-corrected chi connectivity index (χ4v) is 2.50. The third-order valence-electron chi connectivity index (χ3n) is 3.16. The lowest BCUT2D eigenvalue weighted by Gasteiger charge is -2.27. The number of aliphatic hydroxyl groups excluding tert-OH is 1. The van der Waals surface area contributed by atoms with Crippen molar-refractivity contribution >= 4 is 23.3 Å². The molecule has 0 spiro atoms. The summed E-state index contributed by atoms with van der Waals surface area (Å²) in [5.41, 5.74) is 1.05. The van der Waals surface area contributed by atoms with Crippen molar-refractivity contribution < 1.29 is 15.0 Å². The van der Waals surface area contributed by atoms with Gasteiger partial charge in [-0.15, -0.1) is 0 Å². The van der Waals surface area contributed by atoms with Crippen LogP contribution in [0.3, 0.4) is 0 Å². The largest absolute Gasteiger partial charge is 0.480 e. The van der Waals surface area contributed by atoms with E-state index in [0.717, 1.165) is 5.56 Å². The highest BCUT2D eigenvalue weighted by atomic mass is 32.1. The number of rotatable bonds is 3. The van der Waals surface area contributed by atoms with E-state index in [0.29, 0.717) is 19.4 Å². The molecule has 1 saturated heterocycles. The maximum Gasteiger partial charge on any atom is 0.326 e. The van der Waals surface area contributed by atoms with Crippen LogP contribution in [-0.4, -0.2) is 38.5 Å². The highest BCUT2D eigenvalue weighted by molar-refractivity contribution is 7.80. The Morgan fingerprint density at radius 2 is 2.05 bits per heavy atom. The summed E-state index contributed by atoms with van der Waals surface area (Å²) in [4.78, 5) is 12.5. The number of nitrogens with zero attached hydrogens (tertiary/aromatic N) is 1. The van der Waals surface area contributed by atoms with E-state index < -0.39 is 18.2 Å². The second kappa shape index (κ2) is 5.99.